The zero-order chi connectivity index (χ0) is 17.1. The summed E-state index contributed by atoms with van der Waals surface area (Å²) in [6.45, 7) is 4.52. The molecule has 1 aliphatic heterocycles. The van der Waals surface area contributed by atoms with E-state index in [2.05, 4.69) is 25.9 Å². The molecule has 0 N–H and O–H groups in total. The average Bonchev–Trinajstić information content (AvgIpc) is 2.91. The van der Waals surface area contributed by atoms with Gasteiger partial charge in [0, 0.05) is 17.2 Å². The van der Waals surface area contributed by atoms with Crippen molar-refractivity contribution in [3.05, 3.63) is 63.7 Å². The molecular weight excluding hydrogens is 386 g/mol. The second-order valence-corrected chi connectivity index (χ2v) is 7.11. The predicted octanol–water partition coefficient (Wildman–Crippen LogP) is 4.86. The summed E-state index contributed by atoms with van der Waals surface area (Å²) in [6, 6.07) is 11.7. The second-order valence-electron chi connectivity index (χ2n) is 5.22. The number of amidine groups is 1. The number of rotatable bonds is 3. The molecule has 2 aromatic rings. The molecule has 122 valence electrons. The van der Waals surface area contributed by atoms with E-state index in [9.17, 15) is 4.79 Å². The Morgan fingerprint density at radius 1 is 1.29 bits per heavy atom. The van der Waals surface area contributed by atoms with Crippen molar-refractivity contribution in [3.63, 3.8) is 0 Å². The topological polar surface area (TPSA) is 45.6 Å². The molecule has 3 rings (SSSR count). The molecule has 1 aromatic heterocycles. The summed E-state index contributed by atoms with van der Waals surface area (Å²) in [4.78, 5) is 23.8. The first-order valence-electron chi connectivity index (χ1n) is 7.55. The summed E-state index contributed by atoms with van der Waals surface area (Å²) < 4.78 is 1.02. The van der Waals surface area contributed by atoms with Crippen LogP contribution in [0.15, 0.2) is 63.2 Å². The third kappa shape index (κ3) is 3.44. The van der Waals surface area contributed by atoms with Gasteiger partial charge in [0.05, 0.1) is 16.8 Å². The molecule has 24 heavy (non-hydrogen) atoms. The van der Waals surface area contributed by atoms with Gasteiger partial charge >= 0.3 is 0 Å². The number of nitrogens with zero attached hydrogens (tertiary/aromatic N) is 3. The van der Waals surface area contributed by atoms with E-state index in [0.717, 1.165) is 26.2 Å². The zero-order valence-electron chi connectivity index (χ0n) is 13.4. The highest BCUT2D eigenvalue weighted by Crippen LogP contribution is 2.37. The number of amides is 1. The Morgan fingerprint density at radius 3 is 2.67 bits per heavy atom. The van der Waals surface area contributed by atoms with Crippen LogP contribution < -0.4 is 0 Å². The van der Waals surface area contributed by atoms with Crippen LogP contribution in [0.25, 0.3) is 5.57 Å². The number of hydrogen-bond donors (Lipinski definition) is 0. The van der Waals surface area contributed by atoms with Crippen molar-refractivity contribution in [1.29, 1.82) is 0 Å². The van der Waals surface area contributed by atoms with Gasteiger partial charge < -0.3 is 0 Å². The summed E-state index contributed by atoms with van der Waals surface area (Å²) in [5, 5.41) is 0.696. The molecule has 2 heterocycles. The van der Waals surface area contributed by atoms with E-state index in [1.54, 1.807) is 17.3 Å². The number of halogens is 1. The first-order chi connectivity index (χ1) is 11.6. The van der Waals surface area contributed by atoms with Crippen LogP contribution in [0.2, 0.25) is 0 Å². The average molecular weight is 402 g/mol. The summed E-state index contributed by atoms with van der Waals surface area (Å²) in [7, 11) is 0. The number of hydrogen-bond acceptors (Lipinski definition) is 4. The monoisotopic (exact) mass is 401 g/mol. The number of carbonyl (C=O) groups is 1. The van der Waals surface area contributed by atoms with E-state index in [1.807, 2.05) is 50.2 Å². The van der Waals surface area contributed by atoms with Gasteiger partial charge in [0.25, 0.3) is 5.91 Å². The summed E-state index contributed by atoms with van der Waals surface area (Å²) in [5.74, 6) is 0.00515. The summed E-state index contributed by atoms with van der Waals surface area (Å²) >= 11 is 4.86. The Bertz CT molecular complexity index is 816. The predicted molar refractivity (Wildman–Crippen MR) is 103 cm³/mol. The van der Waals surface area contributed by atoms with Crippen molar-refractivity contribution in [2.75, 3.05) is 6.54 Å². The van der Waals surface area contributed by atoms with Gasteiger partial charge in [-0.2, -0.15) is 0 Å². The Morgan fingerprint density at radius 2 is 2.04 bits per heavy atom. The SMILES string of the molecule is CCN1C(=O)/C(=C(\C)c2ccc(Br)cc2)SC1=Nc1cccnc1. The van der Waals surface area contributed by atoms with Crippen molar-refractivity contribution >= 4 is 50.0 Å². The van der Waals surface area contributed by atoms with E-state index in [-0.39, 0.29) is 5.91 Å². The Hall–Kier alpha value is -1.92. The molecule has 1 amide bonds. The van der Waals surface area contributed by atoms with Crippen molar-refractivity contribution in [1.82, 2.24) is 9.88 Å². The Labute approximate surface area is 153 Å². The fraction of sp³-hybridized carbons (Fsp3) is 0.167. The quantitative estimate of drug-likeness (QED) is 0.689. The maximum absolute atomic E-state index is 12.8. The Balaban J connectivity index is 1.99. The lowest BCUT2D eigenvalue weighted by Gasteiger charge is -2.12. The lowest BCUT2D eigenvalue weighted by Crippen LogP contribution is -2.28. The molecule has 1 saturated heterocycles. The van der Waals surface area contributed by atoms with Gasteiger partial charge in [-0.05, 0) is 61.0 Å². The second kappa shape index (κ2) is 7.32. The van der Waals surface area contributed by atoms with Gasteiger partial charge in [-0.25, -0.2) is 4.99 Å². The highest BCUT2D eigenvalue weighted by molar-refractivity contribution is 9.10. The van der Waals surface area contributed by atoms with Crippen LogP contribution in [0.4, 0.5) is 5.69 Å². The van der Waals surface area contributed by atoms with Gasteiger partial charge in [-0.15, -0.1) is 0 Å². The van der Waals surface area contributed by atoms with Crippen LogP contribution in [0, 0.1) is 0 Å². The summed E-state index contributed by atoms with van der Waals surface area (Å²) in [6.07, 6.45) is 3.40. The number of thioether (sulfide) groups is 1. The van der Waals surface area contributed by atoms with Crippen LogP contribution in [-0.2, 0) is 4.79 Å². The third-order valence-corrected chi connectivity index (χ3v) is 5.38. The molecule has 6 heteroatoms. The fourth-order valence-corrected chi connectivity index (χ4v) is 3.75. The normalized spacial score (nSPS) is 18.4. The van der Waals surface area contributed by atoms with Crippen LogP contribution in [-0.4, -0.2) is 27.5 Å². The molecule has 0 spiro atoms. The standard InChI is InChI=1S/C18H16BrN3OS/c1-3-22-17(23)16(12(2)13-6-8-14(19)9-7-13)24-18(22)21-15-5-4-10-20-11-15/h4-11H,3H2,1-2H3/b16-12-,21-18?. The highest BCUT2D eigenvalue weighted by atomic mass is 79.9. The third-order valence-electron chi connectivity index (χ3n) is 3.67. The molecule has 0 atom stereocenters. The van der Waals surface area contributed by atoms with E-state index in [0.29, 0.717) is 11.7 Å². The first-order valence-corrected chi connectivity index (χ1v) is 9.16. The van der Waals surface area contributed by atoms with Crippen LogP contribution >= 0.6 is 27.7 Å². The lowest BCUT2D eigenvalue weighted by molar-refractivity contribution is -0.122. The molecule has 1 aliphatic rings. The van der Waals surface area contributed by atoms with Crippen LogP contribution in [0.1, 0.15) is 19.4 Å². The number of likely N-dealkylation sites (N-methyl/N-ethyl adjacent to an activating group) is 1. The van der Waals surface area contributed by atoms with Crippen molar-refractivity contribution in [3.8, 4) is 0 Å². The molecule has 0 radical (unpaired) electrons. The number of aliphatic imine (C=N–C) groups is 1. The number of carbonyl (C=O) groups excluding carboxylic acids is 1. The fourth-order valence-electron chi connectivity index (χ4n) is 2.36. The minimum absolute atomic E-state index is 0.00515. The van der Waals surface area contributed by atoms with E-state index >= 15 is 0 Å². The highest BCUT2D eigenvalue weighted by Gasteiger charge is 2.33. The maximum Gasteiger partial charge on any atom is 0.267 e. The number of pyridine rings is 1. The van der Waals surface area contributed by atoms with Gasteiger partial charge in [-0.3, -0.25) is 14.7 Å². The van der Waals surface area contributed by atoms with E-state index in [1.165, 1.54) is 11.8 Å². The smallest absolute Gasteiger partial charge is 0.267 e. The molecule has 0 aliphatic carbocycles. The first kappa shape index (κ1) is 16.9. The van der Waals surface area contributed by atoms with Gasteiger partial charge in [0.15, 0.2) is 5.17 Å². The van der Waals surface area contributed by atoms with Gasteiger partial charge in [0.2, 0.25) is 0 Å². The number of aromatic nitrogens is 1. The molecule has 4 nitrogen and oxygen atoms in total. The lowest BCUT2D eigenvalue weighted by atomic mass is 10.1. The maximum atomic E-state index is 12.8. The Kier molecular flexibility index (Phi) is 5.16. The van der Waals surface area contributed by atoms with E-state index in [4.69, 9.17) is 0 Å². The van der Waals surface area contributed by atoms with Crippen molar-refractivity contribution < 1.29 is 4.79 Å². The van der Waals surface area contributed by atoms with Crippen molar-refractivity contribution in [2.45, 2.75) is 13.8 Å². The number of benzene rings is 1. The largest absolute Gasteiger partial charge is 0.287 e. The van der Waals surface area contributed by atoms with Crippen LogP contribution in [0.5, 0.6) is 0 Å². The molecule has 1 aromatic carbocycles. The van der Waals surface area contributed by atoms with E-state index < -0.39 is 0 Å². The molecule has 0 saturated carbocycles. The van der Waals surface area contributed by atoms with Gasteiger partial charge in [-0.1, -0.05) is 28.1 Å². The molecular formula is C18H16BrN3OS. The van der Waals surface area contributed by atoms with Crippen molar-refractivity contribution in [2.24, 2.45) is 4.99 Å². The molecule has 1 fully saturated rings. The van der Waals surface area contributed by atoms with Crippen LogP contribution in [0.3, 0.4) is 0 Å². The minimum atomic E-state index is 0.00515. The minimum Gasteiger partial charge on any atom is -0.287 e. The zero-order valence-corrected chi connectivity index (χ0v) is 15.8. The number of allylic oxidation sites excluding steroid dienone is 1. The van der Waals surface area contributed by atoms with Gasteiger partial charge in [0.1, 0.15) is 0 Å². The molecule has 0 bridgehead atoms. The molecule has 0 unspecified atom stereocenters. The summed E-state index contributed by atoms with van der Waals surface area (Å²) in [5.41, 5.74) is 2.74.